The van der Waals surface area contributed by atoms with Gasteiger partial charge in [-0.3, -0.25) is 0 Å². The average molecular weight is 285 g/mol. The van der Waals surface area contributed by atoms with Gasteiger partial charge in [-0.1, -0.05) is 23.7 Å². The lowest BCUT2D eigenvalue weighted by Gasteiger charge is -1.92. The van der Waals surface area contributed by atoms with Gasteiger partial charge in [-0.05, 0) is 46.6 Å². The lowest BCUT2D eigenvalue weighted by Crippen LogP contribution is -2.15. The molecule has 4 aromatic rings. The summed E-state index contributed by atoms with van der Waals surface area (Å²) in [5, 5.41) is 18.1. The largest absolute Gasteiger partial charge is 0.128 e. The van der Waals surface area contributed by atoms with Gasteiger partial charge < -0.3 is 0 Å². The normalized spacial score (nSPS) is 11.5. The van der Waals surface area contributed by atoms with Crippen LogP contribution in [0.15, 0.2) is 36.4 Å². The van der Waals surface area contributed by atoms with Crippen molar-refractivity contribution in [2.24, 2.45) is 0 Å². The Morgan fingerprint density at radius 2 is 1.60 bits per heavy atom. The highest BCUT2D eigenvalue weighted by atomic mass is 35.5. The maximum absolute atomic E-state index is 5.94. The Morgan fingerprint density at radius 1 is 0.850 bits per heavy atom. The molecule has 0 aliphatic carbocycles. The SMILES string of the molecule is Cc1cccc2nn(-n3nc4ccc(Cl)cc4n3)nc12. The Morgan fingerprint density at radius 3 is 2.45 bits per heavy atom. The third kappa shape index (κ3) is 1.65. The maximum Gasteiger partial charge on any atom is 0.118 e. The van der Waals surface area contributed by atoms with Crippen LogP contribution in [-0.2, 0) is 0 Å². The molecule has 0 amide bonds. The van der Waals surface area contributed by atoms with Crippen LogP contribution in [0.2, 0.25) is 5.02 Å². The van der Waals surface area contributed by atoms with E-state index in [1.807, 2.05) is 31.2 Å². The van der Waals surface area contributed by atoms with Crippen molar-refractivity contribution in [1.29, 1.82) is 0 Å². The molecule has 20 heavy (non-hydrogen) atoms. The topological polar surface area (TPSA) is 61.4 Å². The lowest BCUT2D eigenvalue weighted by molar-refractivity contribution is 0.398. The van der Waals surface area contributed by atoms with Gasteiger partial charge in [-0.25, -0.2) is 0 Å². The number of hydrogen-bond acceptors (Lipinski definition) is 4. The van der Waals surface area contributed by atoms with Crippen LogP contribution in [0, 0.1) is 6.92 Å². The van der Waals surface area contributed by atoms with Crippen LogP contribution < -0.4 is 0 Å². The molecule has 6 nitrogen and oxygen atoms in total. The standard InChI is InChI=1S/C13H9ClN6/c1-8-3-2-4-11-13(8)18-20(16-11)19-15-10-6-5-9(14)7-12(10)17-19/h2-7H,1H3. The van der Waals surface area contributed by atoms with Gasteiger partial charge in [0.25, 0.3) is 0 Å². The molecule has 0 unspecified atom stereocenters. The lowest BCUT2D eigenvalue weighted by atomic mass is 10.2. The van der Waals surface area contributed by atoms with E-state index in [0.717, 1.165) is 22.1 Å². The zero-order valence-corrected chi connectivity index (χ0v) is 11.3. The predicted octanol–water partition coefficient (Wildman–Crippen LogP) is 2.45. The third-order valence-corrected chi connectivity index (χ3v) is 3.33. The molecule has 0 aliphatic rings. The second kappa shape index (κ2) is 4.01. The Labute approximate surface area is 118 Å². The van der Waals surface area contributed by atoms with E-state index in [9.17, 15) is 0 Å². The van der Waals surface area contributed by atoms with Gasteiger partial charge >= 0.3 is 0 Å². The number of nitrogens with zero attached hydrogens (tertiary/aromatic N) is 6. The number of rotatable bonds is 1. The van der Waals surface area contributed by atoms with E-state index in [4.69, 9.17) is 11.6 Å². The smallest absolute Gasteiger partial charge is 0.118 e. The highest BCUT2D eigenvalue weighted by molar-refractivity contribution is 6.31. The molecule has 0 bridgehead atoms. The molecule has 7 heteroatoms. The van der Waals surface area contributed by atoms with E-state index in [1.54, 1.807) is 12.1 Å². The van der Waals surface area contributed by atoms with E-state index in [1.165, 1.54) is 9.81 Å². The van der Waals surface area contributed by atoms with Gasteiger partial charge in [-0.2, -0.15) is 0 Å². The van der Waals surface area contributed by atoms with Crippen molar-refractivity contribution in [3.63, 3.8) is 0 Å². The molecule has 0 fully saturated rings. The summed E-state index contributed by atoms with van der Waals surface area (Å²) in [6.07, 6.45) is 0. The van der Waals surface area contributed by atoms with Gasteiger partial charge in [0.2, 0.25) is 0 Å². The molecule has 4 rings (SSSR count). The highest BCUT2D eigenvalue weighted by Crippen LogP contribution is 2.16. The summed E-state index contributed by atoms with van der Waals surface area (Å²) in [6, 6.07) is 11.2. The molecule has 0 N–H and O–H groups in total. The first-order chi connectivity index (χ1) is 9.70. The van der Waals surface area contributed by atoms with Crippen LogP contribution in [0.4, 0.5) is 0 Å². The Bertz CT molecular complexity index is 938. The monoisotopic (exact) mass is 284 g/mol. The van der Waals surface area contributed by atoms with E-state index in [-0.39, 0.29) is 0 Å². The molecular formula is C13H9ClN6. The van der Waals surface area contributed by atoms with Crippen molar-refractivity contribution in [2.75, 3.05) is 0 Å². The van der Waals surface area contributed by atoms with Crippen LogP contribution >= 0.6 is 11.6 Å². The Hall–Kier alpha value is -2.47. The van der Waals surface area contributed by atoms with Crippen molar-refractivity contribution in [2.45, 2.75) is 6.92 Å². The van der Waals surface area contributed by atoms with Gasteiger partial charge in [0.1, 0.15) is 22.1 Å². The second-order valence-electron chi connectivity index (χ2n) is 4.51. The fourth-order valence-corrected chi connectivity index (χ4v) is 2.27. The van der Waals surface area contributed by atoms with Crippen molar-refractivity contribution in [3.05, 3.63) is 47.0 Å². The molecule has 0 aliphatic heterocycles. The Balaban J connectivity index is 1.94. The van der Waals surface area contributed by atoms with E-state index >= 15 is 0 Å². The Kier molecular flexibility index (Phi) is 2.28. The van der Waals surface area contributed by atoms with Crippen molar-refractivity contribution < 1.29 is 0 Å². The first kappa shape index (κ1) is 11.4. The molecular weight excluding hydrogens is 276 g/mol. The summed E-state index contributed by atoms with van der Waals surface area (Å²) in [6.45, 7) is 1.99. The number of hydrogen-bond donors (Lipinski definition) is 0. The first-order valence-electron chi connectivity index (χ1n) is 6.07. The van der Waals surface area contributed by atoms with E-state index < -0.39 is 0 Å². The summed E-state index contributed by atoms with van der Waals surface area (Å²) < 4.78 is 0. The summed E-state index contributed by atoms with van der Waals surface area (Å²) >= 11 is 5.94. The average Bonchev–Trinajstić information content (AvgIpc) is 3.01. The molecule has 0 radical (unpaired) electrons. The molecule has 2 heterocycles. The summed E-state index contributed by atoms with van der Waals surface area (Å²) in [5.74, 6) is 0. The van der Waals surface area contributed by atoms with Crippen LogP contribution in [0.1, 0.15) is 5.56 Å². The number of aromatic nitrogens is 6. The predicted molar refractivity (Wildman–Crippen MR) is 75.6 cm³/mol. The van der Waals surface area contributed by atoms with Gasteiger partial charge in [0.05, 0.1) is 0 Å². The van der Waals surface area contributed by atoms with E-state index in [0.29, 0.717) is 10.5 Å². The van der Waals surface area contributed by atoms with Crippen LogP contribution in [0.5, 0.6) is 0 Å². The van der Waals surface area contributed by atoms with Gasteiger partial charge in [0.15, 0.2) is 0 Å². The molecule has 0 saturated heterocycles. The number of halogens is 1. The van der Waals surface area contributed by atoms with E-state index in [2.05, 4.69) is 20.4 Å². The van der Waals surface area contributed by atoms with Gasteiger partial charge in [-0.15, -0.1) is 20.4 Å². The number of aryl methyl sites for hydroxylation is 1. The maximum atomic E-state index is 5.94. The van der Waals surface area contributed by atoms with Gasteiger partial charge in [0, 0.05) is 5.02 Å². The summed E-state index contributed by atoms with van der Waals surface area (Å²) in [4.78, 5) is 2.74. The number of fused-ring (bicyclic) bond motifs is 2. The number of benzene rings is 2. The zero-order valence-electron chi connectivity index (χ0n) is 10.5. The highest BCUT2D eigenvalue weighted by Gasteiger charge is 2.09. The molecule has 98 valence electrons. The minimum Gasteiger partial charge on any atom is -0.128 e. The van der Waals surface area contributed by atoms with Crippen molar-refractivity contribution >= 4 is 33.7 Å². The van der Waals surface area contributed by atoms with Crippen LogP contribution in [-0.4, -0.2) is 30.2 Å². The minimum absolute atomic E-state index is 0.624. The third-order valence-electron chi connectivity index (χ3n) is 3.09. The quantitative estimate of drug-likeness (QED) is 0.539. The summed E-state index contributed by atoms with van der Waals surface area (Å²) in [5.41, 5.74) is 4.16. The van der Waals surface area contributed by atoms with Crippen LogP contribution in [0.25, 0.3) is 22.1 Å². The summed E-state index contributed by atoms with van der Waals surface area (Å²) in [7, 11) is 0. The molecule has 2 aromatic carbocycles. The molecule has 0 atom stereocenters. The first-order valence-corrected chi connectivity index (χ1v) is 6.44. The minimum atomic E-state index is 0.624. The van der Waals surface area contributed by atoms with Crippen LogP contribution in [0.3, 0.4) is 0 Å². The fraction of sp³-hybridized carbons (Fsp3) is 0.0769. The zero-order chi connectivity index (χ0) is 13.7. The molecule has 0 saturated carbocycles. The second-order valence-corrected chi connectivity index (χ2v) is 4.95. The van der Waals surface area contributed by atoms with Crippen molar-refractivity contribution in [1.82, 2.24) is 30.2 Å². The fourth-order valence-electron chi connectivity index (χ4n) is 2.10. The molecule has 0 spiro atoms. The molecule has 2 aromatic heterocycles. The van der Waals surface area contributed by atoms with Crippen molar-refractivity contribution in [3.8, 4) is 0 Å².